The summed E-state index contributed by atoms with van der Waals surface area (Å²) in [5.74, 6) is 2.16. The van der Waals surface area contributed by atoms with Gasteiger partial charge in [-0.2, -0.15) is 17.0 Å². The molecule has 17 heavy (non-hydrogen) atoms. The molecule has 2 fully saturated rings. The van der Waals surface area contributed by atoms with Crippen LogP contribution in [0.15, 0.2) is 0 Å². The Labute approximate surface area is 109 Å². The van der Waals surface area contributed by atoms with Crippen molar-refractivity contribution in [1.29, 1.82) is 5.26 Å². The van der Waals surface area contributed by atoms with E-state index in [-0.39, 0.29) is 5.54 Å². The van der Waals surface area contributed by atoms with Crippen LogP contribution in [0, 0.1) is 16.7 Å². The molecule has 0 amide bonds. The lowest BCUT2D eigenvalue weighted by molar-refractivity contribution is 0.114. The van der Waals surface area contributed by atoms with Gasteiger partial charge in [0.25, 0.3) is 0 Å². The minimum Gasteiger partial charge on any atom is -0.315 e. The Bertz CT molecular complexity index is 302. The molecule has 0 bridgehead atoms. The molecule has 0 radical (unpaired) electrons. The van der Waals surface area contributed by atoms with Crippen LogP contribution in [0.3, 0.4) is 0 Å². The molecule has 2 saturated heterocycles. The van der Waals surface area contributed by atoms with E-state index in [1.54, 1.807) is 0 Å². The van der Waals surface area contributed by atoms with Crippen LogP contribution >= 0.6 is 11.8 Å². The Morgan fingerprint density at radius 2 is 2.06 bits per heavy atom. The van der Waals surface area contributed by atoms with Crippen molar-refractivity contribution in [1.82, 2.24) is 10.2 Å². The van der Waals surface area contributed by atoms with E-state index in [1.807, 2.05) is 11.8 Å². The molecular formula is C13H23N3S. The van der Waals surface area contributed by atoms with Crippen LogP contribution < -0.4 is 5.32 Å². The first-order chi connectivity index (χ1) is 8.08. The first-order valence-electron chi connectivity index (χ1n) is 6.53. The third kappa shape index (κ3) is 2.96. The van der Waals surface area contributed by atoms with E-state index in [4.69, 9.17) is 0 Å². The topological polar surface area (TPSA) is 39.1 Å². The summed E-state index contributed by atoms with van der Waals surface area (Å²) < 4.78 is 0. The van der Waals surface area contributed by atoms with E-state index in [0.29, 0.717) is 5.41 Å². The molecule has 0 aromatic carbocycles. The number of hydrogen-bond donors (Lipinski definition) is 1. The molecule has 0 saturated carbocycles. The molecule has 4 heteroatoms. The summed E-state index contributed by atoms with van der Waals surface area (Å²) in [6.07, 6.45) is 2.18. The molecule has 3 nitrogen and oxygen atoms in total. The highest BCUT2D eigenvalue weighted by atomic mass is 32.2. The zero-order valence-corrected chi connectivity index (χ0v) is 11.8. The monoisotopic (exact) mass is 253 g/mol. The van der Waals surface area contributed by atoms with Crippen molar-refractivity contribution < 1.29 is 0 Å². The number of nitriles is 1. The summed E-state index contributed by atoms with van der Waals surface area (Å²) in [6.45, 7) is 8.78. The molecular weight excluding hydrogens is 230 g/mol. The van der Waals surface area contributed by atoms with Gasteiger partial charge < -0.3 is 5.32 Å². The average Bonchev–Trinajstić information content (AvgIpc) is 2.56. The Balaban J connectivity index is 2.15. The minimum atomic E-state index is -0.224. The normalized spacial score (nSPS) is 34.9. The molecule has 96 valence electrons. The summed E-state index contributed by atoms with van der Waals surface area (Å²) in [4.78, 5) is 2.43. The Morgan fingerprint density at radius 3 is 2.76 bits per heavy atom. The first-order valence-corrected chi connectivity index (χ1v) is 7.68. The fourth-order valence-electron chi connectivity index (χ4n) is 3.01. The van der Waals surface area contributed by atoms with Crippen LogP contribution in [-0.4, -0.2) is 48.1 Å². The number of nitrogens with zero attached hydrogens (tertiary/aromatic N) is 2. The number of hydrogen-bond acceptors (Lipinski definition) is 4. The quantitative estimate of drug-likeness (QED) is 0.772. The molecule has 0 spiro atoms. The van der Waals surface area contributed by atoms with Crippen molar-refractivity contribution >= 4 is 11.8 Å². The molecule has 2 aliphatic rings. The summed E-state index contributed by atoms with van der Waals surface area (Å²) >= 11 is 1.95. The number of thioether (sulfide) groups is 1. The summed E-state index contributed by atoms with van der Waals surface area (Å²) in [7, 11) is 0. The van der Waals surface area contributed by atoms with Crippen LogP contribution in [0.2, 0.25) is 0 Å². The summed E-state index contributed by atoms with van der Waals surface area (Å²) in [5, 5.41) is 13.1. The van der Waals surface area contributed by atoms with Gasteiger partial charge >= 0.3 is 0 Å². The van der Waals surface area contributed by atoms with E-state index in [0.717, 1.165) is 44.8 Å². The lowest BCUT2D eigenvalue weighted by atomic mass is 9.79. The van der Waals surface area contributed by atoms with E-state index < -0.39 is 0 Å². The zero-order valence-electron chi connectivity index (χ0n) is 11.0. The van der Waals surface area contributed by atoms with Crippen LogP contribution in [0.5, 0.6) is 0 Å². The molecule has 1 unspecified atom stereocenters. The third-order valence-corrected chi connectivity index (χ3v) is 5.43. The van der Waals surface area contributed by atoms with Crippen LogP contribution in [-0.2, 0) is 0 Å². The molecule has 1 N–H and O–H groups in total. The highest BCUT2D eigenvalue weighted by Gasteiger charge is 2.44. The van der Waals surface area contributed by atoms with Crippen molar-refractivity contribution in [2.75, 3.05) is 37.7 Å². The van der Waals surface area contributed by atoms with Gasteiger partial charge in [-0.3, -0.25) is 4.90 Å². The van der Waals surface area contributed by atoms with Crippen molar-refractivity contribution in [3.05, 3.63) is 0 Å². The van der Waals surface area contributed by atoms with Crippen molar-refractivity contribution in [3.8, 4) is 6.07 Å². The van der Waals surface area contributed by atoms with Gasteiger partial charge in [0.05, 0.1) is 6.07 Å². The van der Waals surface area contributed by atoms with Gasteiger partial charge in [-0.05, 0) is 30.6 Å². The molecule has 2 aliphatic heterocycles. The van der Waals surface area contributed by atoms with Gasteiger partial charge in [0.2, 0.25) is 0 Å². The molecule has 0 aliphatic carbocycles. The summed E-state index contributed by atoms with van der Waals surface area (Å²) in [6, 6.07) is 2.65. The fraction of sp³-hybridized carbons (Fsp3) is 0.923. The maximum absolute atomic E-state index is 9.69. The maximum Gasteiger partial charge on any atom is 0.118 e. The Morgan fingerprint density at radius 1 is 1.24 bits per heavy atom. The van der Waals surface area contributed by atoms with Crippen molar-refractivity contribution in [2.45, 2.75) is 32.2 Å². The van der Waals surface area contributed by atoms with Gasteiger partial charge in [0.1, 0.15) is 5.54 Å². The smallest absolute Gasteiger partial charge is 0.118 e. The largest absolute Gasteiger partial charge is 0.315 e. The minimum absolute atomic E-state index is 0.224. The van der Waals surface area contributed by atoms with Gasteiger partial charge in [0.15, 0.2) is 0 Å². The molecule has 1 atom stereocenters. The third-order valence-electron chi connectivity index (χ3n) is 3.76. The maximum atomic E-state index is 9.69. The SMILES string of the molecule is CC1(C)CSCC(C#N)(N2CCCNCC2)C1. The fourth-order valence-corrected chi connectivity index (χ4v) is 4.45. The van der Waals surface area contributed by atoms with Crippen LogP contribution in [0.25, 0.3) is 0 Å². The standard InChI is InChI=1S/C13H23N3S/c1-12(2)8-13(9-14,11-17-10-12)16-6-3-4-15-5-7-16/h15H,3-8,10-11H2,1-2H3. The van der Waals surface area contributed by atoms with Gasteiger partial charge in [-0.15, -0.1) is 0 Å². The molecule has 0 aromatic rings. The van der Waals surface area contributed by atoms with Gasteiger partial charge in [-0.1, -0.05) is 13.8 Å². The van der Waals surface area contributed by atoms with E-state index in [9.17, 15) is 5.26 Å². The number of nitrogens with one attached hydrogen (secondary N) is 1. The Kier molecular flexibility index (Phi) is 4.02. The number of rotatable bonds is 1. The van der Waals surface area contributed by atoms with Gasteiger partial charge in [0, 0.05) is 25.4 Å². The highest BCUT2D eigenvalue weighted by Crippen LogP contribution is 2.42. The van der Waals surface area contributed by atoms with Gasteiger partial charge in [-0.25, -0.2) is 0 Å². The second kappa shape index (κ2) is 5.17. The van der Waals surface area contributed by atoms with E-state index in [2.05, 4.69) is 30.1 Å². The predicted molar refractivity (Wildman–Crippen MR) is 73.1 cm³/mol. The zero-order chi connectivity index (χ0) is 12.4. The molecule has 0 aromatic heterocycles. The van der Waals surface area contributed by atoms with Crippen LogP contribution in [0.1, 0.15) is 26.7 Å². The second-order valence-corrected chi connectivity index (χ2v) is 7.05. The van der Waals surface area contributed by atoms with E-state index in [1.165, 1.54) is 5.75 Å². The molecule has 2 rings (SSSR count). The summed E-state index contributed by atoms with van der Waals surface area (Å²) in [5.41, 5.74) is 0.0663. The highest BCUT2D eigenvalue weighted by molar-refractivity contribution is 7.99. The second-order valence-electron chi connectivity index (χ2n) is 6.07. The van der Waals surface area contributed by atoms with E-state index >= 15 is 0 Å². The molecule has 2 heterocycles. The lowest BCUT2D eigenvalue weighted by Gasteiger charge is -2.46. The van der Waals surface area contributed by atoms with Crippen molar-refractivity contribution in [3.63, 3.8) is 0 Å². The lowest BCUT2D eigenvalue weighted by Crippen LogP contribution is -2.55. The van der Waals surface area contributed by atoms with Crippen molar-refractivity contribution in [2.24, 2.45) is 5.41 Å². The van der Waals surface area contributed by atoms with Crippen LogP contribution in [0.4, 0.5) is 0 Å². The Hall–Kier alpha value is -0.240. The average molecular weight is 253 g/mol. The first kappa shape index (κ1) is 13.2. The predicted octanol–water partition coefficient (Wildman–Crippen LogP) is 1.71.